The Hall–Kier alpha value is -2.56. The maximum absolute atomic E-state index is 11.5. The van der Waals surface area contributed by atoms with Gasteiger partial charge in [0.2, 0.25) is 0 Å². The molecule has 4 N–H and O–H groups in total. The smallest absolute Gasteiger partial charge is 0.253 e. The normalized spacial score (nSPS) is 10.2. The SMILES string of the molecule is COc1ccc2cc(CC(=O)N=C(N)N)ccc2c1. The van der Waals surface area contributed by atoms with Gasteiger partial charge in [0.15, 0.2) is 5.96 Å². The number of aliphatic imine (C=N–C) groups is 1. The van der Waals surface area contributed by atoms with Crippen LogP contribution >= 0.6 is 0 Å². The number of amides is 1. The number of methoxy groups -OCH3 is 1. The van der Waals surface area contributed by atoms with Crippen molar-refractivity contribution < 1.29 is 9.53 Å². The highest BCUT2D eigenvalue weighted by atomic mass is 16.5. The number of guanidine groups is 1. The number of rotatable bonds is 3. The molecule has 0 aliphatic rings. The van der Waals surface area contributed by atoms with Crippen molar-refractivity contribution in [3.05, 3.63) is 42.0 Å². The molecular formula is C14H15N3O2. The average Bonchev–Trinajstić information content (AvgIpc) is 2.37. The lowest BCUT2D eigenvalue weighted by molar-refractivity contribution is -0.117. The fourth-order valence-corrected chi connectivity index (χ4v) is 1.87. The molecule has 0 saturated carbocycles. The zero-order valence-electron chi connectivity index (χ0n) is 10.6. The van der Waals surface area contributed by atoms with E-state index in [-0.39, 0.29) is 18.3 Å². The molecular weight excluding hydrogens is 242 g/mol. The summed E-state index contributed by atoms with van der Waals surface area (Å²) < 4.78 is 5.16. The molecule has 2 rings (SSSR count). The molecule has 0 aliphatic heterocycles. The second-order valence-corrected chi connectivity index (χ2v) is 4.15. The first-order valence-corrected chi connectivity index (χ1v) is 5.77. The number of hydrogen-bond donors (Lipinski definition) is 2. The molecule has 1 amide bonds. The Balaban J connectivity index is 2.27. The van der Waals surface area contributed by atoms with Gasteiger partial charge in [-0.1, -0.05) is 24.3 Å². The van der Waals surface area contributed by atoms with Gasteiger partial charge in [-0.15, -0.1) is 0 Å². The summed E-state index contributed by atoms with van der Waals surface area (Å²) in [5.74, 6) is 0.236. The van der Waals surface area contributed by atoms with Gasteiger partial charge in [-0.25, -0.2) is 0 Å². The van der Waals surface area contributed by atoms with Crippen LogP contribution in [0, 0.1) is 0 Å². The van der Waals surface area contributed by atoms with E-state index in [2.05, 4.69) is 4.99 Å². The topological polar surface area (TPSA) is 90.7 Å². The average molecular weight is 257 g/mol. The molecule has 0 spiro atoms. The third-order valence-electron chi connectivity index (χ3n) is 2.72. The number of carbonyl (C=O) groups is 1. The Labute approximate surface area is 110 Å². The van der Waals surface area contributed by atoms with Crippen molar-refractivity contribution in [1.82, 2.24) is 0 Å². The van der Waals surface area contributed by atoms with Gasteiger partial charge in [0.05, 0.1) is 13.5 Å². The summed E-state index contributed by atoms with van der Waals surface area (Å²) in [5, 5.41) is 2.09. The minimum atomic E-state index is -0.354. The molecule has 19 heavy (non-hydrogen) atoms. The summed E-state index contributed by atoms with van der Waals surface area (Å²) >= 11 is 0. The molecule has 0 aromatic heterocycles. The number of nitrogens with two attached hydrogens (primary N) is 2. The molecule has 0 atom stereocenters. The number of carbonyl (C=O) groups excluding carboxylic acids is 1. The largest absolute Gasteiger partial charge is 0.497 e. The van der Waals surface area contributed by atoms with E-state index in [1.807, 2.05) is 36.4 Å². The highest BCUT2D eigenvalue weighted by molar-refractivity contribution is 5.93. The first-order chi connectivity index (χ1) is 9.08. The monoisotopic (exact) mass is 257 g/mol. The van der Waals surface area contributed by atoms with Crippen LogP contribution in [0.15, 0.2) is 41.4 Å². The standard InChI is InChI=1S/C14H15N3O2/c1-19-12-5-4-10-6-9(2-3-11(10)8-12)7-13(18)17-14(15)16/h2-6,8H,7H2,1H3,(H4,15,16,17,18). The predicted molar refractivity (Wildman–Crippen MR) is 75.0 cm³/mol. The van der Waals surface area contributed by atoms with E-state index >= 15 is 0 Å². The van der Waals surface area contributed by atoms with Crippen molar-refractivity contribution in [2.45, 2.75) is 6.42 Å². The second-order valence-electron chi connectivity index (χ2n) is 4.15. The Bertz CT molecular complexity index is 646. The molecule has 0 fully saturated rings. The molecule has 0 heterocycles. The van der Waals surface area contributed by atoms with Crippen LogP contribution in [0.5, 0.6) is 5.75 Å². The van der Waals surface area contributed by atoms with Gasteiger partial charge >= 0.3 is 0 Å². The Morgan fingerprint density at radius 2 is 1.84 bits per heavy atom. The third-order valence-corrected chi connectivity index (χ3v) is 2.72. The lowest BCUT2D eigenvalue weighted by atomic mass is 10.0. The van der Waals surface area contributed by atoms with E-state index in [1.54, 1.807) is 7.11 Å². The highest BCUT2D eigenvalue weighted by Crippen LogP contribution is 2.22. The molecule has 5 nitrogen and oxygen atoms in total. The molecule has 0 aliphatic carbocycles. The van der Waals surface area contributed by atoms with Crippen molar-refractivity contribution in [2.75, 3.05) is 7.11 Å². The molecule has 0 unspecified atom stereocenters. The van der Waals surface area contributed by atoms with Crippen molar-refractivity contribution in [1.29, 1.82) is 0 Å². The summed E-state index contributed by atoms with van der Waals surface area (Å²) in [7, 11) is 1.63. The number of fused-ring (bicyclic) bond motifs is 1. The van der Waals surface area contributed by atoms with Crippen LogP contribution in [0.1, 0.15) is 5.56 Å². The molecule has 2 aromatic rings. The first kappa shape index (κ1) is 12.9. The lowest BCUT2D eigenvalue weighted by Crippen LogP contribution is -2.24. The van der Waals surface area contributed by atoms with Gasteiger partial charge in [-0.05, 0) is 28.5 Å². The van der Waals surface area contributed by atoms with Gasteiger partial charge < -0.3 is 16.2 Å². The van der Waals surface area contributed by atoms with Gasteiger partial charge in [-0.2, -0.15) is 4.99 Å². The van der Waals surface area contributed by atoms with Crippen LogP contribution in [0.2, 0.25) is 0 Å². The van der Waals surface area contributed by atoms with Crippen LogP contribution in [0.3, 0.4) is 0 Å². The van der Waals surface area contributed by atoms with Crippen molar-refractivity contribution in [2.24, 2.45) is 16.5 Å². The molecule has 2 aromatic carbocycles. The summed E-state index contributed by atoms with van der Waals surface area (Å²) in [5.41, 5.74) is 11.2. The fourth-order valence-electron chi connectivity index (χ4n) is 1.87. The van der Waals surface area contributed by atoms with Crippen LogP contribution in [-0.2, 0) is 11.2 Å². The van der Waals surface area contributed by atoms with E-state index in [0.717, 1.165) is 22.1 Å². The van der Waals surface area contributed by atoms with E-state index in [9.17, 15) is 4.79 Å². The summed E-state index contributed by atoms with van der Waals surface area (Å²) in [6, 6.07) is 11.5. The second kappa shape index (κ2) is 5.39. The Morgan fingerprint density at radius 3 is 2.53 bits per heavy atom. The number of hydrogen-bond acceptors (Lipinski definition) is 2. The zero-order chi connectivity index (χ0) is 13.8. The minimum absolute atomic E-state index is 0.180. The number of benzene rings is 2. The quantitative estimate of drug-likeness (QED) is 0.638. The van der Waals surface area contributed by atoms with Crippen LogP contribution in [-0.4, -0.2) is 19.0 Å². The predicted octanol–water partition coefficient (Wildman–Crippen LogP) is 1.19. The van der Waals surface area contributed by atoms with Crippen LogP contribution in [0.4, 0.5) is 0 Å². The third kappa shape index (κ3) is 3.22. The van der Waals surface area contributed by atoms with Gasteiger partial charge in [0, 0.05) is 0 Å². The van der Waals surface area contributed by atoms with Crippen LogP contribution < -0.4 is 16.2 Å². The van der Waals surface area contributed by atoms with Crippen molar-refractivity contribution in [3.8, 4) is 5.75 Å². The molecule has 0 radical (unpaired) electrons. The van der Waals surface area contributed by atoms with E-state index in [0.29, 0.717) is 0 Å². The number of ether oxygens (including phenoxy) is 1. The van der Waals surface area contributed by atoms with E-state index < -0.39 is 0 Å². The summed E-state index contributed by atoms with van der Waals surface area (Å²) in [6.45, 7) is 0. The molecule has 5 heteroatoms. The summed E-state index contributed by atoms with van der Waals surface area (Å²) in [6.07, 6.45) is 0.180. The van der Waals surface area contributed by atoms with Gasteiger partial charge in [0.1, 0.15) is 5.75 Å². The Kier molecular flexibility index (Phi) is 3.66. The Morgan fingerprint density at radius 1 is 1.16 bits per heavy atom. The maximum atomic E-state index is 11.5. The highest BCUT2D eigenvalue weighted by Gasteiger charge is 2.04. The van der Waals surface area contributed by atoms with Crippen LogP contribution in [0.25, 0.3) is 10.8 Å². The molecule has 98 valence electrons. The van der Waals surface area contributed by atoms with Crippen molar-refractivity contribution >= 4 is 22.6 Å². The van der Waals surface area contributed by atoms with Gasteiger partial charge in [0.25, 0.3) is 5.91 Å². The van der Waals surface area contributed by atoms with E-state index in [4.69, 9.17) is 16.2 Å². The lowest BCUT2D eigenvalue weighted by Gasteiger charge is -2.04. The zero-order valence-corrected chi connectivity index (χ0v) is 10.6. The maximum Gasteiger partial charge on any atom is 0.253 e. The summed E-state index contributed by atoms with van der Waals surface area (Å²) in [4.78, 5) is 15.0. The fraction of sp³-hybridized carbons (Fsp3) is 0.143. The van der Waals surface area contributed by atoms with Gasteiger partial charge in [-0.3, -0.25) is 4.79 Å². The number of nitrogens with zero attached hydrogens (tertiary/aromatic N) is 1. The minimum Gasteiger partial charge on any atom is -0.497 e. The van der Waals surface area contributed by atoms with Crippen molar-refractivity contribution in [3.63, 3.8) is 0 Å². The first-order valence-electron chi connectivity index (χ1n) is 5.77. The molecule has 0 saturated heterocycles. The van der Waals surface area contributed by atoms with E-state index in [1.165, 1.54) is 0 Å². The molecule has 0 bridgehead atoms.